The number of imidazole rings is 1. The lowest BCUT2D eigenvalue weighted by molar-refractivity contribution is 0.102. The van der Waals surface area contributed by atoms with E-state index in [0.717, 1.165) is 31.1 Å². The van der Waals surface area contributed by atoms with Gasteiger partial charge in [0.15, 0.2) is 5.16 Å². The Balaban J connectivity index is 1.07. The van der Waals surface area contributed by atoms with Crippen LogP contribution in [0.2, 0.25) is 0 Å². The minimum absolute atomic E-state index is 0.203. The zero-order chi connectivity index (χ0) is 27.2. The molecule has 0 spiro atoms. The maximum atomic E-state index is 12.7. The van der Waals surface area contributed by atoms with Crippen LogP contribution in [0.5, 0.6) is 5.88 Å². The van der Waals surface area contributed by atoms with Crippen LogP contribution in [0.4, 0.5) is 10.5 Å². The highest BCUT2D eigenvalue weighted by Gasteiger charge is 2.26. The first-order valence-corrected chi connectivity index (χ1v) is 14.5. The Morgan fingerprint density at radius 1 is 1.03 bits per heavy atom. The highest BCUT2D eigenvalue weighted by molar-refractivity contribution is 7.99. The number of anilines is 1. The summed E-state index contributed by atoms with van der Waals surface area (Å²) in [5.41, 5.74) is 2.34. The molecule has 2 fully saturated rings. The molecule has 0 radical (unpaired) electrons. The van der Waals surface area contributed by atoms with Crippen molar-refractivity contribution < 1.29 is 14.3 Å². The monoisotopic (exact) mass is 548 g/mol. The summed E-state index contributed by atoms with van der Waals surface area (Å²) in [5, 5.41) is 4.28. The number of benzene rings is 1. The molecule has 1 atom stereocenters. The summed E-state index contributed by atoms with van der Waals surface area (Å²) in [5.74, 6) is 0.00419. The summed E-state index contributed by atoms with van der Waals surface area (Å²) in [6.45, 7) is 5.59. The number of carbonyl (C=O) groups is 2. The number of carbonyl (C=O) groups excluding carboxylic acids is 2. The first-order chi connectivity index (χ1) is 18.9. The second-order valence-corrected chi connectivity index (χ2v) is 11.6. The third kappa shape index (κ3) is 7.19. The molecular weight excluding hydrogens is 512 g/mol. The van der Waals surface area contributed by atoms with Gasteiger partial charge in [-0.15, -0.1) is 0 Å². The van der Waals surface area contributed by atoms with Gasteiger partial charge in [-0.05, 0) is 62.9 Å². The molecule has 1 N–H and O–H groups in total. The van der Waals surface area contributed by atoms with Gasteiger partial charge in [-0.3, -0.25) is 9.69 Å². The lowest BCUT2D eigenvalue weighted by Crippen LogP contribution is -2.41. The molecule has 39 heavy (non-hydrogen) atoms. The lowest BCUT2D eigenvalue weighted by Gasteiger charge is -2.33. The zero-order valence-corrected chi connectivity index (χ0v) is 23.4. The van der Waals surface area contributed by atoms with E-state index in [1.807, 2.05) is 42.1 Å². The number of hydrogen-bond donors (Lipinski definition) is 1. The van der Waals surface area contributed by atoms with Crippen molar-refractivity contribution >= 4 is 29.4 Å². The Kier molecular flexibility index (Phi) is 8.83. The van der Waals surface area contributed by atoms with Gasteiger partial charge in [-0.25, -0.2) is 14.8 Å². The molecule has 1 aromatic carbocycles. The van der Waals surface area contributed by atoms with Gasteiger partial charge in [0.1, 0.15) is 0 Å². The summed E-state index contributed by atoms with van der Waals surface area (Å²) in [4.78, 5) is 38.2. The van der Waals surface area contributed by atoms with E-state index in [2.05, 4.69) is 27.1 Å². The smallest absolute Gasteiger partial charge is 0.391 e. The van der Waals surface area contributed by atoms with Crippen molar-refractivity contribution in [2.24, 2.45) is 7.05 Å². The molecule has 10 heteroatoms. The van der Waals surface area contributed by atoms with Gasteiger partial charge in [0, 0.05) is 62.0 Å². The minimum atomic E-state index is -0.404. The molecule has 9 nitrogen and oxygen atoms in total. The van der Waals surface area contributed by atoms with Crippen LogP contribution >= 0.6 is 11.8 Å². The van der Waals surface area contributed by atoms with E-state index in [4.69, 9.17) is 4.74 Å². The molecule has 1 unspecified atom stereocenters. The van der Waals surface area contributed by atoms with Crippen LogP contribution in [0.15, 0.2) is 60.1 Å². The molecule has 4 heterocycles. The summed E-state index contributed by atoms with van der Waals surface area (Å²) in [6, 6.07) is 11.7. The number of nitrogens with one attached hydrogen (secondary N) is 1. The Labute approximate surface area is 233 Å². The molecule has 0 saturated carbocycles. The summed E-state index contributed by atoms with van der Waals surface area (Å²) < 4.78 is 7.49. The fourth-order valence-electron chi connectivity index (χ4n) is 5.03. The Morgan fingerprint density at radius 2 is 1.82 bits per heavy atom. The second-order valence-electron chi connectivity index (χ2n) is 10.3. The number of nitrogens with zero attached hydrogens (tertiary/aromatic N) is 5. The van der Waals surface area contributed by atoms with Crippen LogP contribution in [0.25, 0.3) is 0 Å². The lowest BCUT2D eigenvalue weighted by atomic mass is 10.0. The van der Waals surface area contributed by atoms with Gasteiger partial charge < -0.3 is 19.5 Å². The van der Waals surface area contributed by atoms with Crippen LogP contribution in [-0.4, -0.2) is 67.3 Å². The molecule has 2 aromatic heterocycles. The van der Waals surface area contributed by atoms with Gasteiger partial charge in [-0.1, -0.05) is 30.3 Å². The van der Waals surface area contributed by atoms with Crippen molar-refractivity contribution in [3.63, 3.8) is 0 Å². The number of likely N-dealkylation sites (tertiary alicyclic amines) is 2. The predicted molar refractivity (Wildman–Crippen MR) is 152 cm³/mol. The predicted octanol–water partition coefficient (Wildman–Crippen LogP) is 5.20. The van der Waals surface area contributed by atoms with Gasteiger partial charge >= 0.3 is 6.09 Å². The maximum absolute atomic E-state index is 12.7. The number of aryl methyl sites for hydroxylation is 1. The highest BCUT2D eigenvalue weighted by Crippen LogP contribution is 2.29. The molecule has 0 aliphatic carbocycles. The third-order valence-corrected chi connectivity index (χ3v) is 8.89. The van der Waals surface area contributed by atoms with Gasteiger partial charge in [0.05, 0.1) is 11.9 Å². The quantitative estimate of drug-likeness (QED) is 0.434. The van der Waals surface area contributed by atoms with Crippen molar-refractivity contribution in [2.75, 3.05) is 25.0 Å². The molecule has 3 aromatic rings. The first-order valence-electron chi connectivity index (χ1n) is 13.7. The molecular formula is C29H36N6O3S. The number of ether oxygens (including phenoxy) is 1. The van der Waals surface area contributed by atoms with Crippen LogP contribution < -0.4 is 10.1 Å². The number of thioether (sulfide) groups is 1. The Morgan fingerprint density at radius 3 is 2.49 bits per heavy atom. The fourth-order valence-corrected chi connectivity index (χ4v) is 6.12. The molecule has 0 bridgehead atoms. The molecule has 2 amide bonds. The summed E-state index contributed by atoms with van der Waals surface area (Å²) in [7, 11) is 1.99. The number of pyridine rings is 1. The number of aromatic nitrogens is 3. The van der Waals surface area contributed by atoms with Gasteiger partial charge in [-0.2, -0.15) is 0 Å². The first kappa shape index (κ1) is 27.2. The topological polar surface area (TPSA) is 92.6 Å². The number of amides is 2. The van der Waals surface area contributed by atoms with Crippen LogP contribution in [-0.2, 0) is 13.6 Å². The van der Waals surface area contributed by atoms with E-state index in [-0.39, 0.29) is 11.8 Å². The van der Waals surface area contributed by atoms with E-state index >= 15 is 0 Å². The van der Waals surface area contributed by atoms with Crippen molar-refractivity contribution in [1.82, 2.24) is 24.3 Å². The van der Waals surface area contributed by atoms with E-state index < -0.39 is 6.09 Å². The third-order valence-electron chi connectivity index (χ3n) is 7.48. The molecule has 2 saturated heterocycles. The molecule has 2 aliphatic heterocycles. The molecule has 5 rings (SSSR count). The van der Waals surface area contributed by atoms with Crippen molar-refractivity contribution in [3.05, 3.63) is 66.1 Å². The Bertz CT molecular complexity index is 1250. The van der Waals surface area contributed by atoms with Gasteiger partial charge in [0.25, 0.3) is 5.91 Å². The van der Waals surface area contributed by atoms with Crippen LogP contribution in [0.3, 0.4) is 0 Å². The van der Waals surface area contributed by atoms with E-state index in [9.17, 15) is 9.59 Å². The van der Waals surface area contributed by atoms with Crippen molar-refractivity contribution in [3.8, 4) is 5.88 Å². The van der Waals surface area contributed by atoms with Crippen LogP contribution in [0, 0.1) is 0 Å². The van der Waals surface area contributed by atoms with E-state index in [1.54, 1.807) is 35.0 Å². The highest BCUT2D eigenvalue weighted by atomic mass is 32.2. The number of piperidine rings is 2. The normalized spacial score (nSPS) is 18.6. The molecule has 2 aliphatic rings. The average molecular weight is 549 g/mol. The number of rotatable bonds is 7. The maximum Gasteiger partial charge on any atom is 0.416 e. The Hall–Kier alpha value is -3.37. The number of hydrogen-bond acceptors (Lipinski definition) is 7. The SMILES string of the molecule is CC1CCCCN1Cc1ccc(C(=O)Nc2ccc(OC(=O)N3CCC(Sc4nccn4C)CC3)nc2)cc1. The minimum Gasteiger partial charge on any atom is -0.391 e. The second kappa shape index (κ2) is 12.7. The summed E-state index contributed by atoms with van der Waals surface area (Å²) >= 11 is 1.75. The standard InChI is InChI=1S/C29H36N6O3S/c1-21-5-3-4-15-35(21)20-22-6-8-23(9-7-22)27(36)32-24-10-11-26(31-19-24)38-29(37)34-16-12-25(13-17-34)39-28-30-14-18-33(28)2/h6-11,14,18-19,21,25H,3-5,12-13,15-17,20H2,1-2H3,(H,32,36). The van der Waals surface area contributed by atoms with Gasteiger partial charge in [0.2, 0.25) is 5.88 Å². The van der Waals surface area contributed by atoms with Crippen LogP contribution in [0.1, 0.15) is 54.9 Å². The van der Waals surface area contributed by atoms with Crippen molar-refractivity contribution in [1.29, 1.82) is 0 Å². The van der Waals surface area contributed by atoms with E-state index in [0.29, 0.717) is 35.6 Å². The largest absolute Gasteiger partial charge is 0.416 e. The molecule has 206 valence electrons. The summed E-state index contributed by atoms with van der Waals surface area (Å²) in [6.07, 6.45) is 10.4. The van der Waals surface area contributed by atoms with E-state index in [1.165, 1.54) is 31.0 Å². The fraction of sp³-hybridized carbons (Fsp3) is 0.448. The average Bonchev–Trinajstić information content (AvgIpc) is 3.35. The van der Waals surface area contributed by atoms with Crippen molar-refractivity contribution in [2.45, 2.75) is 62.0 Å². The zero-order valence-electron chi connectivity index (χ0n) is 22.6.